The highest BCUT2D eigenvalue weighted by Gasteiger charge is 2.14. The van der Waals surface area contributed by atoms with E-state index in [1.165, 1.54) is 6.07 Å². The largest absolute Gasteiger partial charge is 0.302 e. The van der Waals surface area contributed by atoms with Gasteiger partial charge in [0.05, 0.1) is 4.90 Å². The van der Waals surface area contributed by atoms with Gasteiger partial charge in [0.1, 0.15) is 12.0 Å². The summed E-state index contributed by atoms with van der Waals surface area (Å²) in [7, 11) is -3.41. The second kappa shape index (κ2) is 3.70. The lowest BCUT2D eigenvalue weighted by molar-refractivity contribution is -0.105. The molecule has 1 aromatic carbocycles. The zero-order valence-electron chi connectivity index (χ0n) is 7.23. The van der Waals surface area contributed by atoms with Crippen LogP contribution in [0.3, 0.4) is 0 Å². The van der Waals surface area contributed by atoms with Gasteiger partial charge >= 0.3 is 0 Å². The van der Waals surface area contributed by atoms with Gasteiger partial charge in [-0.2, -0.15) is 0 Å². The summed E-state index contributed by atoms with van der Waals surface area (Å²) in [4.78, 5) is 10.4. The molecule has 0 unspecified atom stereocenters. The number of aryl methyl sites for hydroxylation is 1. The fraction of sp³-hybridized carbons (Fsp3) is 0.222. The molecule has 0 aromatic heterocycles. The molecule has 3 nitrogen and oxygen atoms in total. The van der Waals surface area contributed by atoms with E-state index < -0.39 is 15.6 Å². The standard InChI is InChI=1S/C9H10O3S/c1-8-4-2-3-5-9(8)13(11,12)7-6-10/h2-6H,7H2,1H3. The molecular formula is C9H10O3S. The first-order valence-corrected chi connectivity index (χ1v) is 5.45. The van der Waals surface area contributed by atoms with Crippen molar-refractivity contribution in [3.8, 4) is 0 Å². The number of hydrogen-bond donors (Lipinski definition) is 0. The van der Waals surface area contributed by atoms with E-state index in [4.69, 9.17) is 0 Å². The normalized spacial score (nSPS) is 11.2. The summed E-state index contributed by atoms with van der Waals surface area (Å²) in [6.07, 6.45) is 0.405. The van der Waals surface area contributed by atoms with Crippen molar-refractivity contribution in [3.05, 3.63) is 29.8 Å². The Balaban J connectivity index is 3.22. The quantitative estimate of drug-likeness (QED) is 0.680. The summed E-state index contributed by atoms with van der Waals surface area (Å²) < 4.78 is 22.8. The van der Waals surface area contributed by atoms with E-state index in [0.29, 0.717) is 11.8 Å². The van der Waals surface area contributed by atoms with Crippen LogP contribution in [0, 0.1) is 6.92 Å². The van der Waals surface area contributed by atoms with E-state index in [1.54, 1.807) is 25.1 Å². The molecule has 0 bridgehead atoms. The number of carbonyl (C=O) groups is 1. The Hall–Kier alpha value is -1.16. The van der Waals surface area contributed by atoms with Crippen LogP contribution in [-0.4, -0.2) is 20.5 Å². The van der Waals surface area contributed by atoms with E-state index in [1.807, 2.05) is 0 Å². The Labute approximate surface area is 77.3 Å². The summed E-state index contributed by atoms with van der Waals surface area (Å²) in [5.74, 6) is -0.447. The molecule has 4 heteroatoms. The molecule has 1 aromatic rings. The molecule has 0 fully saturated rings. The molecule has 0 atom stereocenters. The monoisotopic (exact) mass is 198 g/mol. The van der Waals surface area contributed by atoms with Crippen LogP contribution in [0.2, 0.25) is 0 Å². The molecule has 0 amide bonds. The Bertz CT molecular complexity index is 407. The minimum atomic E-state index is -3.41. The molecule has 0 aliphatic rings. The van der Waals surface area contributed by atoms with Gasteiger partial charge in [-0.05, 0) is 18.6 Å². The Morgan fingerprint density at radius 3 is 2.46 bits per heavy atom. The van der Waals surface area contributed by atoms with Crippen LogP contribution < -0.4 is 0 Å². The van der Waals surface area contributed by atoms with Crippen LogP contribution in [-0.2, 0) is 14.6 Å². The van der Waals surface area contributed by atoms with Crippen LogP contribution in [0.15, 0.2) is 29.2 Å². The molecule has 0 saturated carbocycles. The van der Waals surface area contributed by atoms with Gasteiger partial charge < -0.3 is 4.79 Å². The highest BCUT2D eigenvalue weighted by Crippen LogP contribution is 2.14. The van der Waals surface area contributed by atoms with Crippen molar-refractivity contribution in [2.45, 2.75) is 11.8 Å². The van der Waals surface area contributed by atoms with Crippen molar-refractivity contribution in [1.82, 2.24) is 0 Å². The first kappa shape index (κ1) is 9.92. The van der Waals surface area contributed by atoms with E-state index in [-0.39, 0.29) is 4.90 Å². The lowest BCUT2D eigenvalue weighted by Gasteiger charge is -2.03. The van der Waals surface area contributed by atoms with E-state index in [0.717, 1.165) is 0 Å². The first-order chi connectivity index (χ1) is 6.08. The predicted molar refractivity (Wildman–Crippen MR) is 49.3 cm³/mol. The van der Waals surface area contributed by atoms with Crippen molar-refractivity contribution in [3.63, 3.8) is 0 Å². The zero-order chi connectivity index (χ0) is 9.90. The summed E-state index contributed by atoms with van der Waals surface area (Å²) >= 11 is 0. The summed E-state index contributed by atoms with van der Waals surface area (Å²) in [5.41, 5.74) is 0.671. The molecule has 0 N–H and O–H groups in total. The summed E-state index contributed by atoms with van der Waals surface area (Å²) in [5, 5.41) is 0. The van der Waals surface area contributed by atoms with E-state index in [2.05, 4.69) is 0 Å². The SMILES string of the molecule is Cc1ccccc1S(=O)(=O)CC=O. The second-order valence-corrected chi connectivity index (χ2v) is 4.72. The van der Waals surface area contributed by atoms with Crippen LogP contribution in [0.5, 0.6) is 0 Å². The number of carbonyl (C=O) groups excluding carboxylic acids is 1. The number of aldehydes is 1. The minimum Gasteiger partial charge on any atom is -0.302 e. The summed E-state index contributed by atoms with van der Waals surface area (Å²) in [6.45, 7) is 1.71. The van der Waals surface area contributed by atoms with Crippen molar-refractivity contribution in [2.24, 2.45) is 0 Å². The van der Waals surface area contributed by atoms with Gasteiger partial charge in [0.2, 0.25) is 0 Å². The average Bonchev–Trinajstić information content (AvgIpc) is 2.04. The molecule has 0 saturated heterocycles. The van der Waals surface area contributed by atoms with Gasteiger partial charge in [-0.25, -0.2) is 8.42 Å². The van der Waals surface area contributed by atoms with E-state index in [9.17, 15) is 13.2 Å². The molecule has 0 aliphatic heterocycles. The molecule has 0 spiro atoms. The number of benzene rings is 1. The lowest BCUT2D eigenvalue weighted by Crippen LogP contribution is -2.08. The van der Waals surface area contributed by atoms with Crippen LogP contribution in [0.4, 0.5) is 0 Å². The highest BCUT2D eigenvalue weighted by molar-refractivity contribution is 7.92. The molecular weight excluding hydrogens is 188 g/mol. The number of sulfone groups is 1. The molecule has 13 heavy (non-hydrogen) atoms. The average molecular weight is 198 g/mol. The molecule has 0 radical (unpaired) electrons. The van der Waals surface area contributed by atoms with Crippen LogP contribution in [0.25, 0.3) is 0 Å². The fourth-order valence-corrected chi connectivity index (χ4v) is 2.29. The first-order valence-electron chi connectivity index (χ1n) is 3.80. The van der Waals surface area contributed by atoms with Gasteiger partial charge in [0.25, 0.3) is 0 Å². The van der Waals surface area contributed by atoms with Crippen LogP contribution >= 0.6 is 0 Å². The third kappa shape index (κ3) is 2.15. The summed E-state index contributed by atoms with van der Waals surface area (Å²) in [6, 6.07) is 6.62. The lowest BCUT2D eigenvalue weighted by atomic mass is 10.2. The number of rotatable bonds is 3. The second-order valence-electron chi connectivity index (χ2n) is 2.71. The third-order valence-electron chi connectivity index (χ3n) is 1.72. The minimum absolute atomic E-state index is 0.238. The fourth-order valence-electron chi connectivity index (χ4n) is 1.08. The van der Waals surface area contributed by atoms with Gasteiger partial charge in [0, 0.05) is 0 Å². The van der Waals surface area contributed by atoms with Crippen molar-refractivity contribution < 1.29 is 13.2 Å². The van der Waals surface area contributed by atoms with E-state index >= 15 is 0 Å². The van der Waals surface area contributed by atoms with Crippen molar-refractivity contribution in [1.29, 1.82) is 0 Å². The predicted octanol–water partition coefficient (Wildman–Crippen LogP) is 0.968. The van der Waals surface area contributed by atoms with Gasteiger partial charge in [-0.15, -0.1) is 0 Å². The molecule has 70 valence electrons. The maximum absolute atomic E-state index is 11.4. The van der Waals surface area contributed by atoms with Gasteiger partial charge in [-0.3, -0.25) is 0 Å². The molecule has 0 heterocycles. The Morgan fingerprint density at radius 1 is 1.31 bits per heavy atom. The highest BCUT2D eigenvalue weighted by atomic mass is 32.2. The number of hydrogen-bond acceptors (Lipinski definition) is 3. The Kier molecular flexibility index (Phi) is 2.83. The topological polar surface area (TPSA) is 51.2 Å². The third-order valence-corrected chi connectivity index (χ3v) is 3.42. The van der Waals surface area contributed by atoms with Crippen LogP contribution in [0.1, 0.15) is 5.56 Å². The molecule has 1 rings (SSSR count). The Morgan fingerprint density at radius 2 is 1.92 bits per heavy atom. The van der Waals surface area contributed by atoms with Crippen molar-refractivity contribution in [2.75, 3.05) is 5.75 Å². The van der Waals surface area contributed by atoms with Crippen molar-refractivity contribution >= 4 is 16.1 Å². The van der Waals surface area contributed by atoms with Gasteiger partial charge in [0.15, 0.2) is 9.84 Å². The van der Waals surface area contributed by atoms with Gasteiger partial charge in [-0.1, -0.05) is 18.2 Å². The maximum atomic E-state index is 11.4. The molecule has 0 aliphatic carbocycles. The zero-order valence-corrected chi connectivity index (χ0v) is 8.04. The maximum Gasteiger partial charge on any atom is 0.185 e. The smallest absolute Gasteiger partial charge is 0.185 e.